The van der Waals surface area contributed by atoms with Crippen LogP contribution < -0.4 is 0 Å². The zero-order valence-corrected chi connectivity index (χ0v) is 8.15. The molecule has 0 saturated carbocycles. The number of rotatable bonds is 2. The van der Waals surface area contributed by atoms with Crippen molar-refractivity contribution in [2.24, 2.45) is 0 Å². The fraction of sp³-hybridized carbons (Fsp3) is 0.333. The van der Waals surface area contributed by atoms with Crippen molar-refractivity contribution in [3.63, 3.8) is 0 Å². The molecule has 0 aromatic heterocycles. The summed E-state index contributed by atoms with van der Waals surface area (Å²) in [6.45, 7) is 1.05. The maximum atomic E-state index is 13.3. The van der Waals surface area contributed by atoms with Crippen LogP contribution in [-0.2, 0) is 0 Å². The van der Waals surface area contributed by atoms with E-state index in [0.717, 1.165) is 0 Å². The lowest BCUT2D eigenvalue weighted by Gasteiger charge is -2.13. The molecular formula is C9H9ClF2O2. The van der Waals surface area contributed by atoms with Crippen molar-refractivity contribution >= 4 is 11.6 Å². The standard InChI is InChI=1S/C9H9ClF2O2/c1-4(3-13)7-8(12)5(10)2-6(11)9(7)14/h2,4,13-14H,3H2,1H3. The van der Waals surface area contributed by atoms with Crippen LogP contribution in [-0.4, -0.2) is 16.8 Å². The van der Waals surface area contributed by atoms with Crippen molar-refractivity contribution in [3.8, 4) is 5.75 Å². The smallest absolute Gasteiger partial charge is 0.166 e. The monoisotopic (exact) mass is 222 g/mol. The minimum Gasteiger partial charge on any atom is -0.505 e. The van der Waals surface area contributed by atoms with Crippen molar-refractivity contribution in [1.29, 1.82) is 0 Å². The minimum atomic E-state index is -0.994. The molecule has 0 bridgehead atoms. The van der Waals surface area contributed by atoms with E-state index in [4.69, 9.17) is 16.7 Å². The summed E-state index contributed by atoms with van der Waals surface area (Å²) in [6, 6.07) is 0.694. The summed E-state index contributed by atoms with van der Waals surface area (Å²) in [6.07, 6.45) is 0. The Morgan fingerprint density at radius 2 is 2.07 bits per heavy atom. The Labute approximate surface area is 84.7 Å². The third kappa shape index (κ3) is 1.81. The van der Waals surface area contributed by atoms with E-state index >= 15 is 0 Å². The first-order chi connectivity index (χ1) is 6.49. The Morgan fingerprint density at radius 3 is 2.57 bits per heavy atom. The number of phenolic OH excluding ortho intramolecular Hbond substituents is 1. The highest BCUT2D eigenvalue weighted by atomic mass is 35.5. The van der Waals surface area contributed by atoms with Crippen LogP contribution in [0, 0.1) is 11.6 Å². The maximum absolute atomic E-state index is 13.3. The van der Waals surface area contributed by atoms with E-state index in [2.05, 4.69) is 0 Å². The van der Waals surface area contributed by atoms with E-state index in [1.807, 2.05) is 0 Å². The van der Waals surface area contributed by atoms with E-state index in [0.29, 0.717) is 6.07 Å². The maximum Gasteiger partial charge on any atom is 0.166 e. The van der Waals surface area contributed by atoms with Gasteiger partial charge in [-0.25, -0.2) is 8.78 Å². The summed E-state index contributed by atoms with van der Waals surface area (Å²) in [5, 5.41) is 17.6. The van der Waals surface area contributed by atoms with Gasteiger partial charge in [0.25, 0.3) is 0 Å². The van der Waals surface area contributed by atoms with Crippen molar-refractivity contribution in [3.05, 3.63) is 28.3 Å². The number of hydrogen-bond acceptors (Lipinski definition) is 2. The Morgan fingerprint density at radius 1 is 1.50 bits per heavy atom. The van der Waals surface area contributed by atoms with Crippen molar-refractivity contribution in [2.45, 2.75) is 12.8 Å². The number of aliphatic hydroxyl groups is 1. The molecule has 1 aromatic rings. The zero-order chi connectivity index (χ0) is 10.9. The topological polar surface area (TPSA) is 40.5 Å². The van der Waals surface area contributed by atoms with Crippen LogP contribution in [0.15, 0.2) is 6.07 Å². The number of aromatic hydroxyl groups is 1. The second-order valence-corrected chi connectivity index (χ2v) is 3.41. The van der Waals surface area contributed by atoms with Gasteiger partial charge < -0.3 is 10.2 Å². The van der Waals surface area contributed by atoms with Crippen molar-refractivity contribution < 1.29 is 19.0 Å². The Balaban J connectivity index is 3.39. The van der Waals surface area contributed by atoms with Crippen LogP contribution in [0.4, 0.5) is 8.78 Å². The summed E-state index contributed by atoms with van der Waals surface area (Å²) in [5.74, 6) is -3.39. The van der Waals surface area contributed by atoms with Gasteiger partial charge in [-0.05, 0) is 6.07 Å². The molecule has 0 spiro atoms. The molecule has 2 nitrogen and oxygen atoms in total. The molecule has 0 amide bonds. The molecule has 0 aliphatic heterocycles. The van der Waals surface area contributed by atoms with Gasteiger partial charge in [0.2, 0.25) is 0 Å². The highest BCUT2D eigenvalue weighted by Crippen LogP contribution is 2.34. The van der Waals surface area contributed by atoms with Crippen LogP contribution in [0.25, 0.3) is 0 Å². The molecule has 0 saturated heterocycles. The van der Waals surface area contributed by atoms with Gasteiger partial charge in [-0.1, -0.05) is 18.5 Å². The quantitative estimate of drug-likeness (QED) is 0.755. The van der Waals surface area contributed by atoms with Crippen LogP contribution in [0.5, 0.6) is 5.75 Å². The van der Waals surface area contributed by atoms with Crippen molar-refractivity contribution in [1.82, 2.24) is 0 Å². The lowest BCUT2D eigenvalue weighted by Crippen LogP contribution is -2.04. The highest BCUT2D eigenvalue weighted by molar-refractivity contribution is 6.30. The van der Waals surface area contributed by atoms with Gasteiger partial charge in [0.15, 0.2) is 11.6 Å². The second-order valence-electron chi connectivity index (χ2n) is 3.00. The molecule has 0 radical (unpaired) electrons. The van der Waals surface area contributed by atoms with Gasteiger partial charge in [-0.15, -0.1) is 0 Å². The Kier molecular flexibility index (Phi) is 3.29. The molecule has 5 heteroatoms. The van der Waals surface area contributed by atoms with Crippen LogP contribution >= 0.6 is 11.6 Å². The van der Waals surface area contributed by atoms with Gasteiger partial charge in [0, 0.05) is 18.1 Å². The van der Waals surface area contributed by atoms with E-state index in [9.17, 15) is 13.9 Å². The first kappa shape index (κ1) is 11.2. The first-order valence-corrected chi connectivity index (χ1v) is 4.34. The molecule has 0 aliphatic rings. The first-order valence-electron chi connectivity index (χ1n) is 3.96. The summed E-state index contributed by atoms with van der Waals surface area (Å²) >= 11 is 5.38. The molecule has 1 atom stereocenters. The Bertz CT molecular complexity index is 329. The third-order valence-corrected chi connectivity index (χ3v) is 2.22. The van der Waals surface area contributed by atoms with Gasteiger partial charge >= 0.3 is 0 Å². The molecule has 1 aromatic carbocycles. The summed E-state index contributed by atoms with van der Waals surface area (Å²) in [5.41, 5.74) is -0.294. The fourth-order valence-corrected chi connectivity index (χ4v) is 1.34. The van der Waals surface area contributed by atoms with E-state index in [-0.39, 0.29) is 5.56 Å². The van der Waals surface area contributed by atoms with Crippen molar-refractivity contribution in [2.75, 3.05) is 6.61 Å². The van der Waals surface area contributed by atoms with E-state index < -0.39 is 34.9 Å². The number of hydrogen-bond donors (Lipinski definition) is 2. The number of halogens is 3. The summed E-state index contributed by atoms with van der Waals surface area (Å²) < 4.78 is 26.2. The molecule has 0 heterocycles. The molecule has 0 fully saturated rings. The number of benzene rings is 1. The largest absolute Gasteiger partial charge is 0.505 e. The highest BCUT2D eigenvalue weighted by Gasteiger charge is 2.21. The lowest BCUT2D eigenvalue weighted by molar-refractivity contribution is 0.266. The fourth-order valence-electron chi connectivity index (χ4n) is 1.15. The predicted octanol–water partition coefficient (Wildman–Crippen LogP) is 2.42. The van der Waals surface area contributed by atoms with Gasteiger partial charge in [-0.2, -0.15) is 0 Å². The SMILES string of the molecule is CC(CO)c1c(O)c(F)cc(Cl)c1F. The number of phenols is 1. The molecule has 2 N–H and O–H groups in total. The van der Waals surface area contributed by atoms with E-state index in [1.165, 1.54) is 6.92 Å². The van der Waals surface area contributed by atoms with Crippen LogP contribution in [0.2, 0.25) is 5.02 Å². The normalized spacial score (nSPS) is 12.9. The van der Waals surface area contributed by atoms with Crippen LogP contribution in [0.1, 0.15) is 18.4 Å². The average Bonchev–Trinajstić information content (AvgIpc) is 2.15. The molecule has 1 rings (SSSR count). The van der Waals surface area contributed by atoms with Gasteiger partial charge in [0.05, 0.1) is 5.02 Å². The Hall–Kier alpha value is -0.870. The average molecular weight is 223 g/mol. The summed E-state index contributed by atoms with van der Waals surface area (Å²) in [7, 11) is 0. The predicted molar refractivity (Wildman–Crippen MR) is 48.5 cm³/mol. The summed E-state index contributed by atoms with van der Waals surface area (Å²) in [4.78, 5) is 0. The number of aliphatic hydroxyl groups excluding tert-OH is 1. The molecule has 78 valence electrons. The van der Waals surface area contributed by atoms with Gasteiger partial charge in [0.1, 0.15) is 5.82 Å². The van der Waals surface area contributed by atoms with Crippen LogP contribution in [0.3, 0.4) is 0 Å². The third-order valence-electron chi connectivity index (χ3n) is 1.95. The zero-order valence-electron chi connectivity index (χ0n) is 7.39. The molecule has 0 aliphatic carbocycles. The molecular weight excluding hydrogens is 214 g/mol. The second kappa shape index (κ2) is 4.11. The minimum absolute atomic E-state index is 0.294. The van der Waals surface area contributed by atoms with Gasteiger partial charge in [-0.3, -0.25) is 0 Å². The molecule has 1 unspecified atom stereocenters. The van der Waals surface area contributed by atoms with E-state index in [1.54, 1.807) is 0 Å². The lowest BCUT2D eigenvalue weighted by atomic mass is 10.00. The molecule has 14 heavy (non-hydrogen) atoms.